The van der Waals surface area contributed by atoms with Crippen LogP contribution in [-0.4, -0.2) is 11.1 Å². The van der Waals surface area contributed by atoms with Gasteiger partial charge in [-0.15, -0.1) is 0 Å². The van der Waals surface area contributed by atoms with Crippen LogP contribution < -0.4 is 0 Å². The first-order valence-corrected chi connectivity index (χ1v) is 9.94. The van der Waals surface area contributed by atoms with Crippen molar-refractivity contribution in [3.05, 3.63) is 11.6 Å². The van der Waals surface area contributed by atoms with Crippen LogP contribution in [0.4, 0.5) is 0 Å². The van der Waals surface area contributed by atoms with Gasteiger partial charge in [0.1, 0.15) is 0 Å². The first-order chi connectivity index (χ1) is 11.0. The van der Waals surface area contributed by atoms with Crippen molar-refractivity contribution >= 4 is 5.97 Å². The highest BCUT2D eigenvalue weighted by Crippen LogP contribution is 2.14. The second-order valence-corrected chi connectivity index (χ2v) is 7.41. The van der Waals surface area contributed by atoms with Gasteiger partial charge in [-0.3, -0.25) is 0 Å². The molecule has 2 heteroatoms. The molecule has 0 aromatic rings. The van der Waals surface area contributed by atoms with Crippen molar-refractivity contribution in [1.29, 1.82) is 0 Å². The monoisotopic (exact) mass is 324 g/mol. The average molecular weight is 325 g/mol. The summed E-state index contributed by atoms with van der Waals surface area (Å²) in [6.07, 6.45) is 20.4. The van der Waals surface area contributed by atoms with Gasteiger partial charge in [0.05, 0.1) is 0 Å². The van der Waals surface area contributed by atoms with Crippen molar-refractivity contribution < 1.29 is 9.90 Å². The summed E-state index contributed by atoms with van der Waals surface area (Å²) >= 11 is 0. The van der Waals surface area contributed by atoms with Gasteiger partial charge in [-0.05, 0) is 25.7 Å². The summed E-state index contributed by atoms with van der Waals surface area (Å²) < 4.78 is 0. The molecule has 1 N–H and O–H groups in total. The van der Waals surface area contributed by atoms with Gasteiger partial charge >= 0.3 is 5.97 Å². The van der Waals surface area contributed by atoms with Gasteiger partial charge in [0.15, 0.2) is 0 Å². The molecule has 0 bridgehead atoms. The maximum absolute atomic E-state index is 10.6. The Morgan fingerprint density at radius 1 is 0.783 bits per heavy atom. The molecule has 0 radical (unpaired) electrons. The van der Waals surface area contributed by atoms with E-state index >= 15 is 0 Å². The zero-order valence-electron chi connectivity index (χ0n) is 15.9. The van der Waals surface area contributed by atoms with Crippen molar-refractivity contribution in [2.24, 2.45) is 5.92 Å². The Hall–Kier alpha value is -0.790. The molecule has 0 fully saturated rings. The lowest BCUT2D eigenvalue weighted by Crippen LogP contribution is -1.95. The van der Waals surface area contributed by atoms with Crippen LogP contribution in [0.25, 0.3) is 0 Å². The van der Waals surface area contributed by atoms with Gasteiger partial charge in [0.2, 0.25) is 0 Å². The lowest BCUT2D eigenvalue weighted by atomic mass is 10.0. The smallest absolute Gasteiger partial charge is 0.330 e. The molecular weight excluding hydrogens is 284 g/mol. The first kappa shape index (κ1) is 22.2. The van der Waals surface area contributed by atoms with Gasteiger partial charge < -0.3 is 5.11 Å². The minimum absolute atomic E-state index is 0.481. The van der Waals surface area contributed by atoms with Crippen LogP contribution in [-0.2, 0) is 4.79 Å². The van der Waals surface area contributed by atoms with E-state index in [1.165, 1.54) is 77.0 Å². The van der Waals surface area contributed by atoms with E-state index in [0.717, 1.165) is 18.8 Å². The summed E-state index contributed by atoms with van der Waals surface area (Å²) in [6.45, 7) is 6.30. The molecular formula is C21H40O2. The molecule has 0 unspecified atom stereocenters. The van der Waals surface area contributed by atoms with E-state index < -0.39 is 5.97 Å². The van der Waals surface area contributed by atoms with E-state index in [9.17, 15) is 4.79 Å². The number of carboxylic acids is 1. The molecule has 0 saturated carbocycles. The third-order valence-electron chi connectivity index (χ3n) is 4.52. The first-order valence-electron chi connectivity index (χ1n) is 9.94. The van der Waals surface area contributed by atoms with Crippen LogP contribution in [0, 0.1) is 5.92 Å². The van der Waals surface area contributed by atoms with Crippen LogP contribution in [0.3, 0.4) is 0 Å². The van der Waals surface area contributed by atoms with Crippen molar-refractivity contribution in [2.75, 3.05) is 0 Å². The normalized spacial score (nSPS) is 12.1. The van der Waals surface area contributed by atoms with E-state index in [4.69, 9.17) is 5.11 Å². The third-order valence-corrected chi connectivity index (χ3v) is 4.52. The van der Waals surface area contributed by atoms with Crippen molar-refractivity contribution in [2.45, 2.75) is 111 Å². The molecule has 0 saturated heterocycles. The fraction of sp³-hybridized carbons (Fsp3) is 0.857. The second kappa shape index (κ2) is 16.1. The minimum Gasteiger partial charge on any atom is -0.478 e. The third kappa shape index (κ3) is 17.4. The molecule has 0 aliphatic heterocycles. The maximum Gasteiger partial charge on any atom is 0.330 e. The molecule has 0 aromatic carbocycles. The number of carboxylic acid groups (broad SMARTS) is 1. The fourth-order valence-corrected chi connectivity index (χ4v) is 2.87. The quantitative estimate of drug-likeness (QED) is 0.242. The van der Waals surface area contributed by atoms with Crippen LogP contribution in [0.2, 0.25) is 0 Å². The Morgan fingerprint density at radius 2 is 1.17 bits per heavy atom. The van der Waals surface area contributed by atoms with Crippen LogP contribution in [0.15, 0.2) is 11.6 Å². The van der Waals surface area contributed by atoms with Gasteiger partial charge in [-0.1, -0.05) is 97.0 Å². The highest BCUT2D eigenvalue weighted by atomic mass is 16.4. The van der Waals surface area contributed by atoms with E-state index in [1.807, 2.05) is 6.08 Å². The highest BCUT2D eigenvalue weighted by molar-refractivity contribution is 5.85. The zero-order chi connectivity index (χ0) is 17.3. The summed E-state index contributed by atoms with van der Waals surface area (Å²) in [7, 11) is 0. The maximum atomic E-state index is 10.6. The topological polar surface area (TPSA) is 37.3 Å². The van der Waals surface area contributed by atoms with Crippen LogP contribution >= 0.6 is 0 Å². The number of rotatable bonds is 16. The average Bonchev–Trinajstić information content (AvgIpc) is 2.50. The number of aliphatic carboxylic acids is 1. The molecule has 0 amide bonds. The predicted molar refractivity (Wildman–Crippen MR) is 101 cm³/mol. The Labute approximate surface area is 144 Å². The number of carbonyl (C=O) groups is 1. The Bertz CT molecular complexity index is 305. The molecule has 0 aliphatic carbocycles. The molecule has 0 atom stereocenters. The second-order valence-electron chi connectivity index (χ2n) is 7.41. The summed E-state index contributed by atoms with van der Waals surface area (Å²) in [5.41, 5.74) is 0.481. The zero-order valence-corrected chi connectivity index (χ0v) is 15.9. The summed E-state index contributed by atoms with van der Waals surface area (Å²) in [6, 6.07) is 0. The van der Waals surface area contributed by atoms with E-state index in [1.54, 1.807) is 6.92 Å². The van der Waals surface area contributed by atoms with E-state index in [0.29, 0.717) is 5.57 Å². The Morgan fingerprint density at radius 3 is 1.57 bits per heavy atom. The molecule has 0 heterocycles. The van der Waals surface area contributed by atoms with Crippen molar-refractivity contribution in [3.8, 4) is 0 Å². The number of hydrogen-bond acceptors (Lipinski definition) is 1. The standard InChI is InChI=1S/C21H40O2/c1-19(2)17-15-13-11-9-7-5-4-6-8-10-12-14-16-18-20(3)21(22)23/h18-19H,4-17H2,1-3H3,(H,22,23). The van der Waals surface area contributed by atoms with Gasteiger partial charge in [0.25, 0.3) is 0 Å². The molecule has 23 heavy (non-hydrogen) atoms. The number of unbranched alkanes of at least 4 members (excludes halogenated alkanes) is 12. The minimum atomic E-state index is -0.787. The summed E-state index contributed by atoms with van der Waals surface area (Å²) in [5, 5.41) is 8.74. The van der Waals surface area contributed by atoms with Crippen molar-refractivity contribution in [3.63, 3.8) is 0 Å². The lowest BCUT2D eigenvalue weighted by molar-refractivity contribution is -0.132. The Balaban J connectivity index is 3.14. The van der Waals surface area contributed by atoms with Gasteiger partial charge in [-0.2, -0.15) is 0 Å². The largest absolute Gasteiger partial charge is 0.478 e. The number of hydrogen-bond donors (Lipinski definition) is 1. The molecule has 0 spiro atoms. The molecule has 0 aromatic heterocycles. The van der Waals surface area contributed by atoms with Crippen LogP contribution in [0.1, 0.15) is 111 Å². The molecule has 2 nitrogen and oxygen atoms in total. The van der Waals surface area contributed by atoms with E-state index in [-0.39, 0.29) is 0 Å². The summed E-state index contributed by atoms with van der Waals surface area (Å²) in [5.74, 6) is 0.0807. The highest BCUT2D eigenvalue weighted by Gasteiger charge is 1.98. The Kier molecular flexibility index (Phi) is 15.5. The lowest BCUT2D eigenvalue weighted by Gasteiger charge is -2.04. The van der Waals surface area contributed by atoms with Gasteiger partial charge in [-0.25, -0.2) is 4.79 Å². The molecule has 0 rings (SSSR count). The fourth-order valence-electron chi connectivity index (χ4n) is 2.87. The van der Waals surface area contributed by atoms with Crippen LogP contribution in [0.5, 0.6) is 0 Å². The predicted octanol–water partition coefficient (Wildman–Crippen LogP) is 7.13. The SMILES string of the molecule is CC(=CCCCCCCCCCCCCCCC(C)C)C(=O)O. The van der Waals surface area contributed by atoms with Gasteiger partial charge in [0, 0.05) is 5.57 Å². The number of allylic oxidation sites excluding steroid dienone is 1. The molecule has 0 aliphatic rings. The van der Waals surface area contributed by atoms with Crippen molar-refractivity contribution in [1.82, 2.24) is 0 Å². The molecule has 136 valence electrons. The van der Waals surface area contributed by atoms with E-state index in [2.05, 4.69) is 13.8 Å². The summed E-state index contributed by atoms with van der Waals surface area (Å²) in [4.78, 5) is 10.6.